The van der Waals surface area contributed by atoms with Crippen LogP contribution in [-0.2, 0) is 14.3 Å². The molecule has 82 valence electrons. The van der Waals surface area contributed by atoms with Crippen molar-refractivity contribution in [3.63, 3.8) is 0 Å². The Bertz CT molecular complexity index is 353. The van der Waals surface area contributed by atoms with E-state index in [-0.39, 0.29) is 12.4 Å². The van der Waals surface area contributed by atoms with Gasteiger partial charge in [0.05, 0.1) is 24.6 Å². The highest BCUT2D eigenvalue weighted by Crippen LogP contribution is 2.23. The summed E-state index contributed by atoms with van der Waals surface area (Å²) in [5.74, 6) is -0.884. The molecule has 4 nitrogen and oxygen atoms in total. The summed E-state index contributed by atoms with van der Waals surface area (Å²) in [5, 5.41) is 1.75. The maximum atomic E-state index is 11.2. The van der Waals surface area contributed by atoms with E-state index in [2.05, 4.69) is 20.9 Å². The highest BCUT2D eigenvalue weighted by atomic mass is 79.9. The number of aromatic nitrogens is 1. The van der Waals surface area contributed by atoms with Gasteiger partial charge >= 0.3 is 5.97 Å². The molecule has 1 aromatic rings. The Labute approximate surface area is 99.8 Å². The van der Waals surface area contributed by atoms with Crippen molar-refractivity contribution in [1.82, 2.24) is 4.98 Å². The highest BCUT2D eigenvalue weighted by Gasteiger charge is 2.18. The van der Waals surface area contributed by atoms with E-state index >= 15 is 0 Å². The Kier molecular flexibility index (Phi) is 4.90. The molecule has 1 heterocycles. The fourth-order valence-corrected chi connectivity index (χ4v) is 2.14. The van der Waals surface area contributed by atoms with Crippen molar-refractivity contribution in [1.29, 1.82) is 0 Å². The van der Waals surface area contributed by atoms with Gasteiger partial charge in [-0.3, -0.25) is 4.79 Å². The van der Waals surface area contributed by atoms with Crippen molar-refractivity contribution in [2.45, 2.75) is 19.3 Å². The Hall–Kier alpha value is -0.750. The molecule has 6 heteroatoms. The zero-order valence-corrected chi connectivity index (χ0v) is 10.5. The molecule has 0 saturated carbocycles. The van der Waals surface area contributed by atoms with Gasteiger partial charge in [0.25, 0.3) is 0 Å². The molecule has 0 amide bonds. The van der Waals surface area contributed by atoms with Gasteiger partial charge in [0.1, 0.15) is 6.29 Å². The molecule has 0 radical (unpaired) electrons. The van der Waals surface area contributed by atoms with E-state index in [1.54, 1.807) is 12.3 Å². The molecule has 0 aliphatic heterocycles. The number of halogens is 1. The second-order valence-corrected chi connectivity index (χ2v) is 4.91. The molecule has 0 bridgehead atoms. The van der Waals surface area contributed by atoms with Crippen LogP contribution in [0.25, 0.3) is 0 Å². The topological polar surface area (TPSA) is 56.3 Å². The van der Waals surface area contributed by atoms with Crippen LogP contribution >= 0.6 is 27.3 Å². The molecule has 0 aliphatic carbocycles. The second kappa shape index (κ2) is 5.97. The molecule has 15 heavy (non-hydrogen) atoms. The minimum Gasteiger partial charge on any atom is -0.466 e. The van der Waals surface area contributed by atoms with E-state index in [1.165, 1.54) is 11.3 Å². The maximum Gasteiger partial charge on any atom is 0.306 e. The first kappa shape index (κ1) is 12.3. The van der Waals surface area contributed by atoms with Crippen molar-refractivity contribution < 1.29 is 14.3 Å². The lowest BCUT2D eigenvalue weighted by atomic mass is 10.1. The quantitative estimate of drug-likeness (QED) is 0.616. The molecule has 0 fully saturated rings. The van der Waals surface area contributed by atoms with E-state index in [4.69, 9.17) is 4.74 Å². The van der Waals surface area contributed by atoms with Crippen LogP contribution < -0.4 is 0 Å². The Morgan fingerprint density at radius 3 is 3.00 bits per heavy atom. The highest BCUT2D eigenvalue weighted by molar-refractivity contribution is 9.11. The molecular weight excluding hydrogens is 282 g/mol. The SMILES string of the molecule is CCOC(=O)CC(C=O)c1csc(Br)n1. The number of ether oxygens (including phenoxy) is 1. The summed E-state index contributed by atoms with van der Waals surface area (Å²) in [5.41, 5.74) is 0.606. The number of thiazole rings is 1. The van der Waals surface area contributed by atoms with Gasteiger partial charge in [-0.15, -0.1) is 11.3 Å². The first-order valence-corrected chi connectivity index (χ1v) is 6.06. The van der Waals surface area contributed by atoms with E-state index in [0.717, 1.165) is 6.29 Å². The number of aldehydes is 1. The van der Waals surface area contributed by atoms with Gasteiger partial charge in [-0.25, -0.2) is 4.98 Å². The molecule has 0 aliphatic rings. The molecular formula is C9H10BrNO3S. The first-order valence-electron chi connectivity index (χ1n) is 4.39. The normalized spacial score (nSPS) is 12.1. The van der Waals surface area contributed by atoms with E-state index < -0.39 is 5.92 Å². The fraction of sp³-hybridized carbons (Fsp3) is 0.444. The summed E-state index contributed by atoms with van der Waals surface area (Å²) >= 11 is 4.58. The van der Waals surface area contributed by atoms with Crippen LogP contribution in [0.5, 0.6) is 0 Å². The zero-order valence-electron chi connectivity index (χ0n) is 8.10. The third-order valence-electron chi connectivity index (χ3n) is 1.73. The van der Waals surface area contributed by atoms with Crippen LogP contribution in [0, 0.1) is 0 Å². The Morgan fingerprint density at radius 2 is 2.53 bits per heavy atom. The standard InChI is InChI=1S/C9H10BrNO3S/c1-2-14-8(13)3-6(4-12)7-5-15-9(10)11-7/h4-6H,2-3H2,1H3. The number of carbonyl (C=O) groups excluding carboxylic acids is 2. The van der Waals surface area contributed by atoms with Gasteiger partial charge in [0.2, 0.25) is 0 Å². The van der Waals surface area contributed by atoms with Crippen LogP contribution in [0.1, 0.15) is 25.0 Å². The van der Waals surface area contributed by atoms with Gasteiger partial charge in [-0.1, -0.05) is 0 Å². The summed E-state index contributed by atoms with van der Waals surface area (Å²) in [6, 6.07) is 0. The number of carbonyl (C=O) groups is 2. The van der Waals surface area contributed by atoms with Crippen LogP contribution in [-0.4, -0.2) is 23.8 Å². The molecule has 0 aromatic carbocycles. The monoisotopic (exact) mass is 291 g/mol. The first-order chi connectivity index (χ1) is 7.17. The summed E-state index contributed by atoms with van der Waals surface area (Å²) in [4.78, 5) is 26.1. The summed E-state index contributed by atoms with van der Waals surface area (Å²) in [6.45, 7) is 2.05. The Morgan fingerprint density at radius 1 is 1.80 bits per heavy atom. The second-order valence-electron chi connectivity index (χ2n) is 2.78. The van der Waals surface area contributed by atoms with Crippen molar-refractivity contribution in [2.24, 2.45) is 0 Å². The lowest BCUT2D eigenvalue weighted by Crippen LogP contribution is -2.11. The third-order valence-corrected chi connectivity index (χ3v) is 3.11. The summed E-state index contributed by atoms with van der Waals surface area (Å²) in [7, 11) is 0. The van der Waals surface area contributed by atoms with E-state index in [0.29, 0.717) is 16.2 Å². The maximum absolute atomic E-state index is 11.2. The van der Waals surface area contributed by atoms with E-state index in [1.807, 2.05) is 0 Å². The van der Waals surface area contributed by atoms with Gasteiger partial charge in [0.15, 0.2) is 3.92 Å². The van der Waals surface area contributed by atoms with E-state index in [9.17, 15) is 9.59 Å². The Balaban J connectivity index is 2.64. The van der Waals surface area contributed by atoms with Gasteiger partial charge in [-0.2, -0.15) is 0 Å². The van der Waals surface area contributed by atoms with Gasteiger partial charge < -0.3 is 9.53 Å². The number of hydrogen-bond donors (Lipinski definition) is 0. The van der Waals surface area contributed by atoms with Crippen molar-refractivity contribution in [3.8, 4) is 0 Å². The zero-order chi connectivity index (χ0) is 11.3. The molecule has 1 rings (SSSR count). The van der Waals surface area contributed by atoms with Crippen molar-refractivity contribution in [3.05, 3.63) is 15.0 Å². The molecule has 0 saturated heterocycles. The lowest BCUT2D eigenvalue weighted by molar-refractivity contribution is -0.144. The molecule has 1 atom stereocenters. The average Bonchev–Trinajstić information content (AvgIpc) is 2.61. The summed E-state index contributed by atoms with van der Waals surface area (Å²) < 4.78 is 5.47. The molecule has 0 spiro atoms. The average molecular weight is 292 g/mol. The molecule has 1 unspecified atom stereocenters. The largest absolute Gasteiger partial charge is 0.466 e. The van der Waals surface area contributed by atoms with Crippen LogP contribution in [0.2, 0.25) is 0 Å². The predicted molar refractivity (Wildman–Crippen MR) is 59.9 cm³/mol. The minimum absolute atomic E-state index is 0.0491. The predicted octanol–water partition coefficient (Wildman–Crippen LogP) is 2.14. The number of esters is 1. The smallest absolute Gasteiger partial charge is 0.306 e. The number of hydrogen-bond acceptors (Lipinski definition) is 5. The number of rotatable bonds is 5. The van der Waals surface area contributed by atoms with Crippen molar-refractivity contribution in [2.75, 3.05) is 6.61 Å². The van der Waals surface area contributed by atoms with Crippen molar-refractivity contribution >= 4 is 39.5 Å². The fourth-order valence-electron chi connectivity index (χ4n) is 1.06. The molecule has 0 N–H and O–H groups in total. The number of nitrogens with zero attached hydrogens (tertiary/aromatic N) is 1. The lowest BCUT2D eigenvalue weighted by Gasteiger charge is -2.06. The van der Waals surface area contributed by atoms with Gasteiger partial charge in [0, 0.05) is 5.38 Å². The van der Waals surface area contributed by atoms with Crippen LogP contribution in [0.15, 0.2) is 9.30 Å². The minimum atomic E-state index is -0.508. The third kappa shape index (κ3) is 3.71. The molecule has 1 aromatic heterocycles. The summed E-state index contributed by atoms with van der Waals surface area (Å²) in [6.07, 6.45) is 0.770. The van der Waals surface area contributed by atoms with Crippen LogP contribution in [0.4, 0.5) is 0 Å². The van der Waals surface area contributed by atoms with Gasteiger partial charge in [-0.05, 0) is 22.9 Å². The van der Waals surface area contributed by atoms with Crippen LogP contribution in [0.3, 0.4) is 0 Å².